The van der Waals surface area contributed by atoms with Crippen molar-refractivity contribution >= 4 is 23.5 Å². The van der Waals surface area contributed by atoms with Gasteiger partial charge in [0.05, 0.1) is 5.02 Å². The molecular weight excluding hydrogens is 280 g/mol. The fourth-order valence-electron chi connectivity index (χ4n) is 1.80. The van der Waals surface area contributed by atoms with E-state index in [1.165, 1.54) is 13.0 Å². The van der Waals surface area contributed by atoms with Gasteiger partial charge < -0.3 is 9.84 Å². The Kier molecular flexibility index (Phi) is 4.05. The molecule has 102 valence electrons. The van der Waals surface area contributed by atoms with E-state index in [1.807, 2.05) is 30.3 Å². The van der Waals surface area contributed by atoms with Gasteiger partial charge in [-0.3, -0.25) is 4.79 Å². The summed E-state index contributed by atoms with van der Waals surface area (Å²) < 4.78 is 4.88. The van der Waals surface area contributed by atoms with E-state index < -0.39 is 11.9 Å². The number of aromatic carboxylic acids is 1. The Hall–Kier alpha value is -2.33. The van der Waals surface area contributed by atoms with Gasteiger partial charge in [-0.25, -0.2) is 4.79 Å². The average molecular weight is 291 g/mol. The minimum atomic E-state index is -1.21. The molecule has 0 amide bonds. The van der Waals surface area contributed by atoms with E-state index in [0.29, 0.717) is 5.56 Å². The third-order valence-corrected chi connectivity index (χ3v) is 2.91. The number of carbonyl (C=O) groups is 2. The molecule has 0 unspecified atom stereocenters. The molecule has 2 rings (SSSR count). The van der Waals surface area contributed by atoms with Gasteiger partial charge in [-0.1, -0.05) is 41.9 Å². The van der Waals surface area contributed by atoms with Gasteiger partial charge in [0.15, 0.2) is 5.75 Å². The molecule has 0 heterocycles. The van der Waals surface area contributed by atoms with Crippen LogP contribution in [0.4, 0.5) is 0 Å². The lowest BCUT2D eigenvalue weighted by molar-refractivity contribution is -0.131. The van der Waals surface area contributed by atoms with Crippen molar-refractivity contribution in [2.75, 3.05) is 0 Å². The van der Waals surface area contributed by atoms with Crippen LogP contribution in [0.2, 0.25) is 5.02 Å². The number of esters is 1. The molecule has 0 saturated carbocycles. The van der Waals surface area contributed by atoms with Crippen molar-refractivity contribution < 1.29 is 19.4 Å². The van der Waals surface area contributed by atoms with Crippen molar-refractivity contribution in [1.29, 1.82) is 0 Å². The number of carboxylic acid groups (broad SMARTS) is 1. The van der Waals surface area contributed by atoms with Crippen molar-refractivity contribution in [3.63, 3.8) is 0 Å². The molecule has 1 N–H and O–H groups in total. The number of ether oxygens (including phenoxy) is 1. The van der Waals surface area contributed by atoms with Crippen molar-refractivity contribution in [3.05, 3.63) is 53.1 Å². The molecule has 0 aliphatic heterocycles. The van der Waals surface area contributed by atoms with E-state index in [-0.39, 0.29) is 16.3 Å². The van der Waals surface area contributed by atoms with Gasteiger partial charge in [0.1, 0.15) is 5.56 Å². The summed E-state index contributed by atoms with van der Waals surface area (Å²) in [4.78, 5) is 22.3. The monoisotopic (exact) mass is 290 g/mol. The Balaban J connectivity index is 2.59. The molecule has 0 atom stereocenters. The molecule has 0 aliphatic rings. The number of halogens is 1. The minimum Gasteiger partial charge on any atom is -0.478 e. The van der Waals surface area contributed by atoms with Crippen LogP contribution >= 0.6 is 11.6 Å². The van der Waals surface area contributed by atoms with Gasteiger partial charge in [-0.05, 0) is 23.3 Å². The molecule has 0 aromatic heterocycles. The first kappa shape index (κ1) is 14.1. The Morgan fingerprint density at radius 2 is 1.75 bits per heavy atom. The lowest BCUT2D eigenvalue weighted by Gasteiger charge is -2.11. The van der Waals surface area contributed by atoms with E-state index in [4.69, 9.17) is 16.3 Å². The quantitative estimate of drug-likeness (QED) is 0.692. The van der Waals surface area contributed by atoms with Gasteiger partial charge in [0.25, 0.3) is 0 Å². The molecule has 4 nitrogen and oxygen atoms in total. The minimum absolute atomic E-state index is 0.0824. The number of carbonyl (C=O) groups excluding carboxylic acids is 1. The molecule has 0 saturated heterocycles. The highest BCUT2D eigenvalue weighted by Gasteiger charge is 2.18. The lowest BCUT2D eigenvalue weighted by Crippen LogP contribution is -2.08. The van der Waals surface area contributed by atoms with E-state index in [9.17, 15) is 14.7 Å². The second kappa shape index (κ2) is 5.75. The molecular formula is C15H11ClO4. The van der Waals surface area contributed by atoms with Gasteiger partial charge in [-0.2, -0.15) is 0 Å². The third kappa shape index (κ3) is 2.97. The van der Waals surface area contributed by atoms with Crippen LogP contribution in [0.15, 0.2) is 42.5 Å². The molecule has 5 heteroatoms. The molecule has 2 aromatic rings. The van der Waals surface area contributed by atoms with Crippen LogP contribution < -0.4 is 4.74 Å². The maximum Gasteiger partial charge on any atom is 0.339 e. The summed E-state index contributed by atoms with van der Waals surface area (Å²) in [5.74, 6) is -1.96. The molecule has 0 bridgehead atoms. The molecule has 2 aromatic carbocycles. The molecule has 0 fully saturated rings. The Morgan fingerprint density at radius 1 is 1.10 bits per heavy atom. The molecule has 0 aliphatic carbocycles. The number of rotatable bonds is 3. The summed E-state index contributed by atoms with van der Waals surface area (Å²) in [6.07, 6.45) is 0. The lowest BCUT2D eigenvalue weighted by atomic mass is 10.0. The smallest absolute Gasteiger partial charge is 0.339 e. The SMILES string of the molecule is CC(=O)Oc1c(Cl)cc(-c2ccccc2)cc1C(=O)O. The largest absolute Gasteiger partial charge is 0.478 e. The highest BCUT2D eigenvalue weighted by atomic mass is 35.5. The van der Waals surface area contributed by atoms with Crippen molar-refractivity contribution in [2.24, 2.45) is 0 Å². The predicted molar refractivity (Wildman–Crippen MR) is 75.2 cm³/mol. The zero-order valence-electron chi connectivity index (χ0n) is 10.6. The molecule has 0 radical (unpaired) electrons. The Labute approximate surface area is 120 Å². The standard InChI is InChI=1S/C15H11ClO4/c1-9(17)20-14-12(15(18)19)7-11(8-13(14)16)10-5-3-2-4-6-10/h2-8H,1H3,(H,18,19). The van der Waals surface area contributed by atoms with Crippen molar-refractivity contribution in [2.45, 2.75) is 6.92 Å². The number of carboxylic acids is 1. The first-order valence-corrected chi connectivity index (χ1v) is 6.17. The summed E-state index contributed by atoms with van der Waals surface area (Å²) in [6.45, 7) is 1.19. The summed E-state index contributed by atoms with van der Waals surface area (Å²) >= 11 is 6.03. The highest BCUT2D eigenvalue weighted by Crippen LogP contribution is 2.34. The van der Waals surface area contributed by atoms with Crippen LogP contribution in [0.3, 0.4) is 0 Å². The fraction of sp³-hybridized carbons (Fsp3) is 0.0667. The van der Waals surface area contributed by atoms with E-state index in [0.717, 1.165) is 5.56 Å². The second-order valence-electron chi connectivity index (χ2n) is 4.10. The first-order valence-electron chi connectivity index (χ1n) is 5.79. The Bertz CT molecular complexity index is 665. The van der Waals surface area contributed by atoms with Crippen LogP contribution in [0, 0.1) is 0 Å². The number of benzene rings is 2. The topological polar surface area (TPSA) is 63.6 Å². The van der Waals surface area contributed by atoms with Crippen LogP contribution in [0.5, 0.6) is 5.75 Å². The van der Waals surface area contributed by atoms with Crippen LogP contribution in [0.25, 0.3) is 11.1 Å². The predicted octanol–water partition coefficient (Wildman–Crippen LogP) is 3.63. The molecule has 0 spiro atoms. The maximum absolute atomic E-state index is 11.3. The third-order valence-electron chi connectivity index (χ3n) is 2.63. The second-order valence-corrected chi connectivity index (χ2v) is 4.51. The van der Waals surface area contributed by atoms with Crippen LogP contribution in [0.1, 0.15) is 17.3 Å². The van der Waals surface area contributed by atoms with Gasteiger partial charge in [-0.15, -0.1) is 0 Å². The van der Waals surface area contributed by atoms with Crippen LogP contribution in [-0.4, -0.2) is 17.0 Å². The van der Waals surface area contributed by atoms with Crippen LogP contribution in [-0.2, 0) is 4.79 Å². The van der Waals surface area contributed by atoms with Gasteiger partial charge in [0.2, 0.25) is 0 Å². The maximum atomic E-state index is 11.3. The zero-order chi connectivity index (χ0) is 14.7. The fourth-order valence-corrected chi connectivity index (χ4v) is 2.05. The van der Waals surface area contributed by atoms with E-state index in [1.54, 1.807) is 6.07 Å². The van der Waals surface area contributed by atoms with Crippen molar-refractivity contribution in [3.8, 4) is 16.9 Å². The summed E-state index contributed by atoms with van der Waals surface area (Å²) in [5.41, 5.74) is 1.32. The number of hydrogen-bond acceptors (Lipinski definition) is 3. The van der Waals surface area contributed by atoms with Gasteiger partial charge >= 0.3 is 11.9 Å². The van der Waals surface area contributed by atoms with Crippen molar-refractivity contribution in [1.82, 2.24) is 0 Å². The number of hydrogen-bond donors (Lipinski definition) is 1. The van der Waals surface area contributed by atoms with E-state index in [2.05, 4.69) is 0 Å². The highest BCUT2D eigenvalue weighted by molar-refractivity contribution is 6.33. The Morgan fingerprint density at radius 3 is 2.30 bits per heavy atom. The van der Waals surface area contributed by atoms with E-state index >= 15 is 0 Å². The molecule has 20 heavy (non-hydrogen) atoms. The summed E-state index contributed by atoms with van der Waals surface area (Å²) in [5, 5.41) is 9.31. The normalized spacial score (nSPS) is 10.1. The zero-order valence-corrected chi connectivity index (χ0v) is 11.3. The summed E-state index contributed by atoms with van der Waals surface area (Å²) in [7, 11) is 0. The average Bonchev–Trinajstić information content (AvgIpc) is 2.41. The first-order chi connectivity index (χ1) is 9.49. The summed E-state index contributed by atoms with van der Waals surface area (Å²) in [6, 6.07) is 12.2. The van der Waals surface area contributed by atoms with Gasteiger partial charge in [0, 0.05) is 6.92 Å².